The van der Waals surface area contributed by atoms with Crippen LogP contribution in [-0.2, 0) is 0 Å². The minimum atomic E-state index is -0.850. The molecular weight excluding hydrogens is 1510 g/mol. The van der Waals surface area contributed by atoms with E-state index in [-0.39, 0.29) is 59.6 Å². The molecule has 0 amide bonds. The number of halogens is 4. The molecule has 3 aliphatic rings. The summed E-state index contributed by atoms with van der Waals surface area (Å²) in [6.45, 7) is 6.82. The third kappa shape index (κ3) is 9.08. The van der Waals surface area contributed by atoms with Crippen molar-refractivity contribution in [2.75, 3.05) is 13.4 Å². The van der Waals surface area contributed by atoms with Gasteiger partial charge in [0, 0.05) is 0 Å². The van der Waals surface area contributed by atoms with E-state index in [1.807, 2.05) is 0 Å². The van der Waals surface area contributed by atoms with Gasteiger partial charge in [-0.3, -0.25) is 0 Å². The molecule has 2 aliphatic carbocycles. The first kappa shape index (κ1) is 54.4. The Morgan fingerprint density at radius 2 is 0.632 bits per heavy atom. The van der Waals surface area contributed by atoms with Crippen molar-refractivity contribution < 1.29 is 59.6 Å². The van der Waals surface area contributed by atoms with E-state index in [0.717, 1.165) is 0 Å². The first-order valence-electron chi connectivity index (χ1n) is 30.5. The van der Waals surface area contributed by atoms with Gasteiger partial charge in [-0.1, -0.05) is 24.3 Å². The molecule has 0 unspecified atom stereocenters. The number of aryl methyl sites for hydroxylation is 1. The van der Waals surface area contributed by atoms with Gasteiger partial charge in [-0.2, -0.15) is 0 Å². The molecule has 1 aliphatic heterocycles. The summed E-state index contributed by atoms with van der Waals surface area (Å²) < 4.78 is 12.3. The standard InChI is InChI=1S/C82H60I4N/c1-4-46-83-54-34-28-51(29-35-54)74-66-17-9-11-19-68(66)76(53-32-38-56(39-33-53)85-86-48-87-86)82-72-45-43-62(64-21-13-23-70(78(64)72)80(74)82)60-41-40-59(57-14-6-7-15-58(57)60)61-42-44-71-77-63(61)20-12-22-69(77)79-73(50-26-24-49(3)25-27-50)65-16-8-10-18-67(65)75(81(71)79)52-30-36-55(37-31-52)84-47-5-2/h6-45,87H,4-5,46-48H2,1-3H3/q-1. The second-order valence-corrected chi connectivity index (χ2v) is 43.7. The van der Waals surface area contributed by atoms with E-state index >= 15 is 0 Å². The minimum absolute atomic E-state index is 0.00172. The molecule has 0 saturated carbocycles. The van der Waals surface area contributed by atoms with E-state index < -0.39 is 16.1 Å². The molecule has 17 rings (SSSR count). The summed E-state index contributed by atoms with van der Waals surface area (Å²) >= 11 is -0.760. The Labute approximate surface area is 544 Å². The van der Waals surface area contributed by atoms with Gasteiger partial charge in [0.25, 0.3) is 0 Å². The number of fused-ring (bicyclic) bond motifs is 9. The molecule has 0 aromatic heterocycles. The third-order valence-corrected chi connectivity index (χ3v) is 37.9. The van der Waals surface area contributed by atoms with Gasteiger partial charge in [-0.15, -0.1) is 0 Å². The van der Waals surface area contributed by atoms with E-state index in [2.05, 4.69) is 267 Å². The number of rotatable bonds is 14. The Morgan fingerprint density at radius 1 is 0.322 bits per heavy atom. The van der Waals surface area contributed by atoms with E-state index in [0.29, 0.717) is 0 Å². The molecule has 0 bridgehead atoms. The van der Waals surface area contributed by atoms with Crippen molar-refractivity contribution in [3.05, 3.63) is 259 Å². The first-order valence-corrected chi connectivity index (χ1v) is 45.6. The van der Waals surface area contributed by atoms with Crippen LogP contribution < -0.4 is 63.2 Å². The average molecular weight is 1570 g/mol. The monoisotopic (exact) mass is 1570 g/mol. The second-order valence-electron chi connectivity index (χ2n) is 23.3. The third-order valence-electron chi connectivity index (χ3n) is 18.1. The van der Waals surface area contributed by atoms with Crippen LogP contribution in [-0.4, -0.2) is 13.4 Å². The molecule has 0 radical (unpaired) electrons. The van der Waals surface area contributed by atoms with E-state index in [9.17, 15) is 0 Å². The number of hydrogen-bond acceptors (Lipinski definition) is 1. The molecule has 14 aromatic carbocycles. The molecule has 0 spiro atoms. The predicted molar refractivity (Wildman–Crippen MR) is 369 cm³/mol. The summed E-state index contributed by atoms with van der Waals surface area (Å²) in [5, 5.41) is 13.1. The Kier molecular flexibility index (Phi) is 14.0. The summed E-state index contributed by atoms with van der Waals surface area (Å²) in [7, 11) is 0. The molecule has 1 nitrogen and oxygen atoms in total. The summed E-state index contributed by atoms with van der Waals surface area (Å²) in [4.78, 5) is 0. The molecule has 1 fully saturated rings. The van der Waals surface area contributed by atoms with Crippen LogP contribution in [0.15, 0.2) is 243 Å². The van der Waals surface area contributed by atoms with Gasteiger partial charge in [0.1, 0.15) is 0 Å². The van der Waals surface area contributed by atoms with Gasteiger partial charge in [0.2, 0.25) is 0 Å². The molecule has 14 aromatic rings. The number of nitrogens with one attached hydrogen (secondary N) is 1. The number of alkyl halides is 3. The van der Waals surface area contributed by atoms with Crippen molar-refractivity contribution >= 4 is 70.0 Å². The molecule has 1 saturated heterocycles. The van der Waals surface area contributed by atoms with Crippen molar-refractivity contribution in [3.63, 3.8) is 0 Å². The summed E-state index contributed by atoms with van der Waals surface area (Å²) in [5.41, 5.74) is 27.6. The SMILES string of the molecule is CCC[I-]c1ccc(-c2c3c(c(-c4ccc([I+]I5CN5)cc4)c4ccccc24)-c2ccc(-c4ccc(-c5ccc6c7c(cccc57)-c5c-6c(-c6ccc([I-]CCC)cc6)c6ccccc6c5-c5ccc(C)cc5)c5ccccc45)c4cccc-3c24)cc1. The van der Waals surface area contributed by atoms with Gasteiger partial charge in [0.05, 0.1) is 0 Å². The van der Waals surface area contributed by atoms with Gasteiger partial charge in [0.15, 0.2) is 0 Å². The molecular formula is C82H60I4N-. The number of hydrogen-bond donors (Lipinski definition) is 1. The van der Waals surface area contributed by atoms with Crippen LogP contribution in [0.3, 0.4) is 0 Å². The Morgan fingerprint density at radius 3 is 1.00 bits per heavy atom. The number of benzene rings is 14. The molecule has 1 heterocycles. The van der Waals surface area contributed by atoms with Gasteiger partial charge < -0.3 is 0 Å². The normalized spacial score (nSPS) is 13.3. The Bertz CT molecular complexity index is 5140. The van der Waals surface area contributed by atoms with Crippen LogP contribution in [0.5, 0.6) is 0 Å². The van der Waals surface area contributed by atoms with Gasteiger partial charge >= 0.3 is 519 Å². The maximum absolute atomic E-state index is 3.72. The van der Waals surface area contributed by atoms with E-state index in [1.165, 1.54) is 204 Å². The average Bonchev–Trinajstić information content (AvgIpc) is 1.76. The van der Waals surface area contributed by atoms with Gasteiger partial charge in [-0.25, -0.2) is 0 Å². The predicted octanol–water partition coefficient (Wildman–Crippen LogP) is 13.6. The topological polar surface area (TPSA) is 21.9 Å². The van der Waals surface area contributed by atoms with Crippen LogP contribution in [0.2, 0.25) is 0 Å². The zero-order chi connectivity index (χ0) is 57.9. The summed E-state index contributed by atoms with van der Waals surface area (Å²) in [6, 6.07) is 95.1. The van der Waals surface area contributed by atoms with Gasteiger partial charge in [-0.05, 0) is 6.92 Å². The van der Waals surface area contributed by atoms with Crippen LogP contribution in [0.4, 0.5) is 0 Å². The van der Waals surface area contributed by atoms with Crippen molar-refractivity contribution in [1.82, 2.24) is 3.53 Å². The van der Waals surface area contributed by atoms with E-state index in [4.69, 9.17) is 0 Å². The first-order chi connectivity index (χ1) is 43.0. The summed E-state index contributed by atoms with van der Waals surface area (Å²) in [6.07, 6.45) is 2.49. The van der Waals surface area contributed by atoms with Crippen molar-refractivity contribution in [3.8, 4) is 111 Å². The Balaban J connectivity index is 0.849. The van der Waals surface area contributed by atoms with E-state index in [1.54, 1.807) is 3.57 Å². The molecule has 5 heteroatoms. The maximum atomic E-state index is 3.72. The fourth-order valence-electron chi connectivity index (χ4n) is 14.4. The molecule has 1 N–H and O–H groups in total. The van der Waals surface area contributed by atoms with Crippen molar-refractivity contribution in [2.45, 2.75) is 33.6 Å². The fraction of sp³-hybridized carbons (Fsp3) is 0.0976. The van der Waals surface area contributed by atoms with Crippen LogP contribution in [0.25, 0.3) is 165 Å². The van der Waals surface area contributed by atoms with Crippen LogP contribution in [0.1, 0.15) is 32.3 Å². The summed E-state index contributed by atoms with van der Waals surface area (Å²) in [5.74, 6) is 0. The quantitative estimate of drug-likeness (QED) is 0.0379. The molecule has 422 valence electrons. The Hall–Kier alpha value is -6.74. The van der Waals surface area contributed by atoms with Crippen LogP contribution in [0, 0.1) is 17.6 Å². The zero-order valence-corrected chi connectivity index (χ0v) is 57.3. The van der Waals surface area contributed by atoms with Crippen molar-refractivity contribution in [2.24, 2.45) is 0 Å². The second kappa shape index (κ2) is 22.4. The molecule has 87 heavy (non-hydrogen) atoms. The van der Waals surface area contributed by atoms with Crippen molar-refractivity contribution in [1.29, 1.82) is 0 Å². The zero-order valence-electron chi connectivity index (χ0n) is 48.6. The fourth-order valence-corrected chi connectivity index (χ4v) is 33.3. The molecule has 0 atom stereocenters. The van der Waals surface area contributed by atoms with Crippen LogP contribution >= 0.6 is 16.1 Å².